The predicted octanol–water partition coefficient (Wildman–Crippen LogP) is 4.53. The molecule has 1 aliphatic heterocycles. The molecule has 1 amide bonds. The van der Waals surface area contributed by atoms with Crippen molar-refractivity contribution in [2.75, 3.05) is 0 Å². The van der Waals surface area contributed by atoms with Crippen LogP contribution in [0.3, 0.4) is 0 Å². The number of carbonyl (C=O) groups excluding carboxylic acids is 1. The fourth-order valence-corrected chi connectivity index (χ4v) is 4.04. The smallest absolute Gasteiger partial charge is 0.335 e. The van der Waals surface area contributed by atoms with E-state index in [4.69, 9.17) is 5.11 Å². The molecule has 2 heterocycles. The van der Waals surface area contributed by atoms with E-state index in [-0.39, 0.29) is 11.5 Å². The lowest BCUT2D eigenvalue weighted by atomic mass is 10.1. The maximum Gasteiger partial charge on any atom is 0.335 e. The topological polar surface area (TPSA) is 74.9 Å². The van der Waals surface area contributed by atoms with Gasteiger partial charge in [-0.1, -0.05) is 30.3 Å². The molecule has 1 saturated heterocycles. The summed E-state index contributed by atoms with van der Waals surface area (Å²) < 4.78 is 1.93. The van der Waals surface area contributed by atoms with Crippen LogP contribution in [0, 0.1) is 0 Å². The average molecular weight is 417 g/mol. The Kier molecular flexibility index (Phi) is 5.54. The highest BCUT2D eigenvalue weighted by atomic mass is 32.2. The van der Waals surface area contributed by atoms with Gasteiger partial charge in [-0.2, -0.15) is 0 Å². The second-order valence-electron chi connectivity index (χ2n) is 6.84. The molecule has 0 saturated carbocycles. The number of carbonyl (C=O) groups is 2. The first-order chi connectivity index (χ1) is 14.5. The first-order valence-corrected chi connectivity index (χ1v) is 10.1. The molecule has 7 heteroatoms. The number of rotatable bonds is 5. The first-order valence-electron chi connectivity index (χ1n) is 9.29. The second-order valence-corrected chi connectivity index (χ2v) is 7.85. The molecule has 0 spiro atoms. The molecular weight excluding hydrogens is 398 g/mol. The highest BCUT2D eigenvalue weighted by Gasteiger charge is 2.33. The van der Waals surface area contributed by atoms with Crippen molar-refractivity contribution in [3.63, 3.8) is 0 Å². The van der Waals surface area contributed by atoms with Crippen LogP contribution >= 0.6 is 11.8 Å². The minimum atomic E-state index is -0.978. The lowest BCUT2D eigenvalue weighted by molar-refractivity contribution is -0.122. The maximum atomic E-state index is 13.2. The average Bonchev–Trinajstić information content (AvgIpc) is 3.27. The molecule has 0 atom stereocenters. The quantitative estimate of drug-likeness (QED) is 0.619. The third-order valence-electron chi connectivity index (χ3n) is 4.56. The molecule has 150 valence electrons. The number of aromatic nitrogens is 1. The van der Waals surface area contributed by atoms with Gasteiger partial charge in [0.1, 0.15) is 0 Å². The van der Waals surface area contributed by atoms with Gasteiger partial charge in [0.2, 0.25) is 0 Å². The van der Waals surface area contributed by atoms with Gasteiger partial charge in [0.25, 0.3) is 5.91 Å². The number of nitrogens with zero attached hydrogens (tertiary/aromatic N) is 3. The van der Waals surface area contributed by atoms with E-state index in [0.29, 0.717) is 16.6 Å². The van der Waals surface area contributed by atoms with Crippen LogP contribution in [0.1, 0.15) is 21.5 Å². The molecule has 0 aliphatic carbocycles. The lowest BCUT2D eigenvalue weighted by Gasteiger charge is -2.16. The number of benzene rings is 2. The number of amidine groups is 1. The van der Waals surface area contributed by atoms with E-state index in [0.717, 1.165) is 16.8 Å². The zero-order valence-corrected chi connectivity index (χ0v) is 17.0. The SMILES string of the molecule is Cn1ccc(/C=C2/SC(=Nc3ccccc3)N(Cc3ccc(C(=O)O)cc3)C2=O)c1. The number of thioether (sulfide) groups is 1. The van der Waals surface area contributed by atoms with Gasteiger partial charge in [0.05, 0.1) is 22.7 Å². The molecule has 2 aromatic carbocycles. The second kappa shape index (κ2) is 8.42. The summed E-state index contributed by atoms with van der Waals surface area (Å²) in [7, 11) is 1.93. The number of carboxylic acid groups (broad SMARTS) is 1. The van der Waals surface area contributed by atoms with E-state index < -0.39 is 5.97 Å². The summed E-state index contributed by atoms with van der Waals surface area (Å²) in [5.41, 5.74) is 2.75. The van der Waals surface area contributed by atoms with Crippen LogP contribution in [0.15, 0.2) is 83.0 Å². The molecular formula is C23H19N3O3S. The largest absolute Gasteiger partial charge is 0.478 e. The zero-order valence-electron chi connectivity index (χ0n) is 16.2. The first kappa shape index (κ1) is 19.7. The molecule has 1 aromatic heterocycles. The van der Waals surface area contributed by atoms with Gasteiger partial charge in [-0.05, 0) is 59.3 Å². The fourth-order valence-electron chi connectivity index (χ4n) is 3.04. The summed E-state index contributed by atoms with van der Waals surface area (Å²) in [6.45, 7) is 0.309. The number of aryl methyl sites for hydroxylation is 1. The number of aliphatic imine (C=N–C) groups is 1. The minimum absolute atomic E-state index is 0.124. The summed E-state index contributed by atoms with van der Waals surface area (Å²) in [5, 5.41) is 9.68. The summed E-state index contributed by atoms with van der Waals surface area (Å²) >= 11 is 1.34. The van der Waals surface area contributed by atoms with Crippen LogP contribution in [0.5, 0.6) is 0 Å². The Balaban J connectivity index is 1.66. The van der Waals surface area contributed by atoms with Gasteiger partial charge in [-0.3, -0.25) is 9.69 Å². The van der Waals surface area contributed by atoms with Crippen molar-refractivity contribution in [2.24, 2.45) is 12.0 Å². The molecule has 3 aromatic rings. The monoisotopic (exact) mass is 417 g/mol. The van der Waals surface area contributed by atoms with Crippen molar-refractivity contribution >= 4 is 40.6 Å². The zero-order chi connectivity index (χ0) is 21.1. The summed E-state index contributed by atoms with van der Waals surface area (Å²) in [6, 6.07) is 18.0. The molecule has 4 rings (SSSR count). The number of aromatic carboxylic acids is 1. The molecule has 0 radical (unpaired) electrons. The molecule has 0 bridgehead atoms. The molecule has 1 aliphatic rings. The predicted molar refractivity (Wildman–Crippen MR) is 118 cm³/mol. The number of hydrogen-bond donors (Lipinski definition) is 1. The Bertz CT molecular complexity index is 1150. The molecule has 30 heavy (non-hydrogen) atoms. The fraction of sp³-hybridized carbons (Fsp3) is 0.0870. The normalized spacial score (nSPS) is 16.6. The third-order valence-corrected chi connectivity index (χ3v) is 5.57. The van der Waals surface area contributed by atoms with Gasteiger partial charge >= 0.3 is 5.97 Å². The summed E-state index contributed by atoms with van der Waals surface area (Å²) in [6.07, 6.45) is 5.74. The van der Waals surface area contributed by atoms with Crippen LogP contribution in [0.2, 0.25) is 0 Å². The van der Waals surface area contributed by atoms with Crippen molar-refractivity contribution in [3.8, 4) is 0 Å². The highest BCUT2D eigenvalue weighted by molar-refractivity contribution is 8.18. The number of para-hydroxylation sites is 1. The van der Waals surface area contributed by atoms with Gasteiger partial charge < -0.3 is 9.67 Å². The summed E-state index contributed by atoms with van der Waals surface area (Å²) in [4.78, 5) is 31.1. The number of amides is 1. The highest BCUT2D eigenvalue weighted by Crippen LogP contribution is 2.35. The van der Waals surface area contributed by atoms with Gasteiger partial charge in [0, 0.05) is 19.4 Å². The van der Waals surface area contributed by atoms with Crippen molar-refractivity contribution in [1.82, 2.24) is 9.47 Å². The van der Waals surface area contributed by atoms with Crippen molar-refractivity contribution in [3.05, 3.63) is 94.7 Å². The number of hydrogen-bond acceptors (Lipinski definition) is 4. The molecule has 1 N–H and O–H groups in total. The third kappa shape index (κ3) is 4.36. The van der Waals surface area contributed by atoms with E-state index in [1.54, 1.807) is 29.2 Å². The lowest BCUT2D eigenvalue weighted by Crippen LogP contribution is -2.28. The standard InChI is InChI=1S/C23H19N3O3S/c1-25-12-11-17(14-25)13-20-21(27)26(15-16-7-9-18(10-8-16)22(28)29)23(30-20)24-19-5-3-2-4-6-19/h2-14H,15H2,1H3,(H,28,29)/b20-13+,24-23?. The maximum absolute atomic E-state index is 13.2. The van der Waals surface area contributed by atoms with Gasteiger partial charge in [0.15, 0.2) is 5.17 Å². The van der Waals surface area contributed by atoms with Gasteiger partial charge in [-0.25, -0.2) is 9.79 Å². The molecule has 1 fully saturated rings. The van der Waals surface area contributed by atoms with E-state index in [2.05, 4.69) is 4.99 Å². The van der Waals surface area contributed by atoms with Crippen LogP contribution in [0.4, 0.5) is 5.69 Å². The van der Waals surface area contributed by atoms with Crippen molar-refractivity contribution in [2.45, 2.75) is 6.54 Å². The van der Waals surface area contributed by atoms with E-state index in [1.807, 2.05) is 66.5 Å². The Hall–Kier alpha value is -3.58. The molecule has 0 unspecified atom stereocenters. The number of carboxylic acids is 1. The van der Waals surface area contributed by atoms with E-state index in [9.17, 15) is 9.59 Å². The Morgan fingerprint density at radius 3 is 2.47 bits per heavy atom. The van der Waals surface area contributed by atoms with Crippen LogP contribution in [-0.4, -0.2) is 31.6 Å². The van der Waals surface area contributed by atoms with Crippen molar-refractivity contribution < 1.29 is 14.7 Å². The van der Waals surface area contributed by atoms with Crippen molar-refractivity contribution in [1.29, 1.82) is 0 Å². The Morgan fingerprint density at radius 2 is 1.83 bits per heavy atom. The van der Waals surface area contributed by atoms with Crippen LogP contribution < -0.4 is 0 Å². The Morgan fingerprint density at radius 1 is 1.10 bits per heavy atom. The Labute approximate surface area is 178 Å². The van der Waals surface area contributed by atoms with E-state index in [1.165, 1.54) is 11.8 Å². The van der Waals surface area contributed by atoms with Crippen LogP contribution in [0.25, 0.3) is 6.08 Å². The van der Waals surface area contributed by atoms with Crippen LogP contribution in [-0.2, 0) is 18.4 Å². The van der Waals surface area contributed by atoms with Gasteiger partial charge in [-0.15, -0.1) is 0 Å². The minimum Gasteiger partial charge on any atom is -0.478 e. The summed E-state index contributed by atoms with van der Waals surface area (Å²) in [5.74, 6) is -1.10. The molecule has 6 nitrogen and oxygen atoms in total. The van der Waals surface area contributed by atoms with E-state index >= 15 is 0 Å².